The molecule has 1 aromatic rings. The molecular formula is C13H19N3O. The van der Waals surface area contributed by atoms with Gasteiger partial charge in [-0.05, 0) is 38.5 Å². The van der Waals surface area contributed by atoms with Crippen LogP contribution in [-0.4, -0.2) is 23.1 Å². The molecule has 0 aromatic carbocycles. The predicted molar refractivity (Wildman–Crippen MR) is 66.4 cm³/mol. The van der Waals surface area contributed by atoms with E-state index in [9.17, 15) is 0 Å². The Labute approximate surface area is 102 Å². The molecule has 0 unspecified atom stereocenters. The third kappa shape index (κ3) is 2.87. The van der Waals surface area contributed by atoms with Gasteiger partial charge >= 0.3 is 0 Å². The predicted octanol–water partition coefficient (Wildman–Crippen LogP) is 2.57. The van der Waals surface area contributed by atoms with Gasteiger partial charge in [-0.2, -0.15) is 4.98 Å². The van der Waals surface area contributed by atoms with Crippen LogP contribution in [0.3, 0.4) is 0 Å². The van der Waals surface area contributed by atoms with Crippen LogP contribution in [0, 0.1) is 5.92 Å². The number of nitrogens with zero attached hydrogens (tertiary/aromatic N) is 2. The molecule has 1 heterocycles. The number of ether oxygens (including phenoxy) is 1. The molecule has 2 fully saturated rings. The van der Waals surface area contributed by atoms with E-state index in [-0.39, 0.29) is 0 Å². The number of aromatic nitrogens is 2. The van der Waals surface area contributed by atoms with Gasteiger partial charge in [0.1, 0.15) is 11.6 Å². The van der Waals surface area contributed by atoms with Crippen LogP contribution in [0.5, 0.6) is 5.88 Å². The summed E-state index contributed by atoms with van der Waals surface area (Å²) in [6, 6.07) is 1.91. The molecule has 0 atom stereocenters. The van der Waals surface area contributed by atoms with Crippen LogP contribution in [0.4, 0.5) is 5.82 Å². The van der Waals surface area contributed by atoms with Gasteiger partial charge in [-0.1, -0.05) is 0 Å². The van der Waals surface area contributed by atoms with Crippen LogP contribution in [-0.2, 0) is 0 Å². The molecule has 4 nitrogen and oxygen atoms in total. The summed E-state index contributed by atoms with van der Waals surface area (Å²) in [6.45, 7) is 3.76. The summed E-state index contributed by atoms with van der Waals surface area (Å²) >= 11 is 0. The number of hydrogen-bond donors (Lipinski definition) is 1. The van der Waals surface area contributed by atoms with Crippen molar-refractivity contribution in [3.63, 3.8) is 0 Å². The Kier molecular flexibility index (Phi) is 2.87. The molecule has 2 aliphatic rings. The van der Waals surface area contributed by atoms with Crippen molar-refractivity contribution in [2.45, 2.75) is 38.5 Å². The second-order valence-electron chi connectivity index (χ2n) is 5.01. The van der Waals surface area contributed by atoms with Gasteiger partial charge in [0.2, 0.25) is 5.88 Å². The van der Waals surface area contributed by atoms with Crippen LogP contribution >= 0.6 is 0 Å². The Morgan fingerprint density at radius 1 is 1.29 bits per heavy atom. The zero-order chi connectivity index (χ0) is 11.7. The largest absolute Gasteiger partial charge is 0.477 e. The second-order valence-corrected chi connectivity index (χ2v) is 5.01. The molecule has 0 saturated heterocycles. The lowest BCUT2D eigenvalue weighted by Gasteiger charge is -2.09. The number of nitrogens with one attached hydrogen (secondary N) is 1. The molecule has 17 heavy (non-hydrogen) atoms. The molecule has 0 amide bonds. The normalized spacial score (nSPS) is 19.1. The minimum atomic E-state index is 0.567. The second kappa shape index (κ2) is 4.51. The van der Waals surface area contributed by atoms with E-state index in [0.717, 1.165) is 36.6 Å². The topological polar surface area (TPSA) is 47.0 Å². The quantitative estimate of drug-likeness (QED) is 0.820. The molecule has 3 rings (SSSR count). The number of rotatable bonds is 6. The van der Waals surface area contributed by atoms with E-state index in [1.165, 1.54) is 25.7 Å². The van der Waals surface area contributed by atoms with Crippen LogP contribution in [0.1, 0.15) is 44.3 Å². The third-order valence-electron chi connectivity index (χ3n) is 3.18. The maximum Gasteiger partial charge on any atom is 0.218 e. The van der Waals surface area contributed by atoms with Gasteiger partial charge in [0, 0.05) is 18.5 Å². The first-order valence-electron chi connectivity index (χ1n) is 6.61. The first-order valence-corrected chi connectivity index (χ1v) is 6.61. The average molecular weight is 233 g/mol. The van der Waals surface area contributed by atoms with Gasteiger partial charge < -0.3 is 10.1 Å². The lowest BCUT2D eigenvalue weighted by atomic mass is 10.4. The highest BCUT2D eigenvalue weighted by Crippen LogP contribution is 2.39. The van der Waals surface area contributed by atoms with Crippen molar-refractivity contribution in [2.24, 2.45) is 5.92 Å². The molecule has 1 N–H and O–H groups in total. The number of hydrogen-bond acceptors (Lipinski definition) is 4. The van der Waals surface area contributed by atoms with Gasteiger partial charge in [0.25, 0.3) is 0 Å². The summed E-state index contributed by atoms with van der Waals surface area (Å²) in [5.74, 6) is 3.92. The molecule has 0 radical (unpaired) electrons. The van der Waals surface area contributed by atoms with Gasteiger partial charge in [0.05, 0.1) is 6.61 Å². The average Bonchev–Trinajstić information content (AvgIpc) is 3.17. The first-order chi connectivity index (χ1) is 8.35. The molecule has 0 aliphatic heterocycles. The van der Waals surface area contributed by atoms with Crippen molar-refractivity contribution < 1.29 is 4.74 Å². The fourth-order valence-electron chi connectivity index (χ4n) is 1.80. The first kappa shape index (κ1) is 10.8. The highest BCUT2D eigenvalue weighted by Gasteiger charge is 2.28. The molecule has 2 aliphatic carbocycles. The van der Waals surface area contributed by atoms with Crippen molar-refractivity contribution in [3.8, 4) is 5.88 Å². The molecular weight excluding hydrogens is 214 g/mol. The Balaban J connectivity index is 1.74. The van der Waals surface area contributed by atoms with Crippen molar-refractivity contribution in [2.75, 3.05) is 18.5 Å². The molecule has 92 valence electrons. The van der Waals surface area contributed by atoms with Crippen molar-refractivity contribution in [1.82, 2.24) is 9.97 Å². The Bertz CT molecular complexity index is 400. The van der Waals surface area contributed by atoms with Gasteiger partial charge in [-0.3, -0.25) is 0 Å². The minimum absolute atomic E-state index is 0.567. The highest BCUT2D eigenvalue weighted by molar-refractivity contribution is 5.39. The SMILES string of the molecule is CCNc1cc(OCC2CC2)nc(C2CC2)n1. The van der Waals surface area contributed by atoms with E-state index < -0.39 is 0 Å². The lowest BCUT2D eigenvalue weighted by molar-refractivity contribution is 0.287. The fourth-order valence-corrected chi connectivity index (χ4v) is 1.80. The zero-order valence-corrected chi connectivity index (χ0v) is 10.3. The molecule has 2 saturated carbocycles. The van der Waals surface area contributed by atoms with Crippen LogP contribution in [0.15, 0.2) is 6.07 Å². The van der Waals surface area contributed by atoms with E-state index >= 15 is 0 Å². The van der Waals surface area contributed by atoms with E-state index in [1.54, 1.807) is 0 Å². The standard InChI is InChI=1S/C13H19N3O/c1-2-14-11-7-12(17-8-9-3-4-9)16-13(15-11)10-5-6-10/h7,9-10H,2-6,8H2,1H3,(H,14,15,16). The highest BCUT2D eigenvalue weighted by atomic mass is 16.5. The monoisotopic (exact) mass is 233 g/mol. The molecule has 0 spiro atoms. The fraction of sp³-hybridized carbons (Fsp3) is 0.692. The summed E-state index contributed by atoms with van der Waals surface area (Å²) < 4.78 is 5.74. The number of anilines is 1. The van der Waals surface area contributed by atoms with Crippen molar-refractivity contribution in [3.05, 3.63) is 11.9 Å². The van der Waals surface area contributed by atoms with Gasteiger partial charge in [-0.15, -0.1) is 0 Å². The summed E-state index contributed by atoms with van der Waals surface area (Å²) in [4.78, 5) is 9.03. The molecule has 4 heteroatoms. The smallest absolute Gasteiger partial charge is 0.218 e. The van der Waals surface area contributed by atoms with E-state index in [2.05, 4.69) is 22.2 Å². The van der Waals surface area contributed by atoms with Crippen molar-refractivity contribution in [1.29, 1.82) is 0 Å². The summed E-state index contributed by atoms with van der Waals surface area (Å²) in [5.41, 5.74) is 0. The summed E-state index contributed by atoms with van der Waals surface area (Å²) in [6.07, 6.45) is 5.05. The van der Waals surface area contributed by atoms with E-state index in [0.29, 0.717) is 5.92 Å². The summed E-state index contributed by atoms with van der Waals surface area (Å²) in [5, 5.41) is 3.24. The van der Waals surface area contributed by atoms with Crippen LogP contribution in [0.25, 0.3) is 0 Å². The zero-order valence-electron chi connectivity index (χ0n) is 10.3. The Morgan fingerprint density at radius 3 is 2.76 bits per heavy atom. The van der Waals surface area contributed by atoms with Crippen molar-refractivity contribution >= 4 is 5.82 Å². The molecule has 1 aromatic heterocycles. The van der Waals surface area contributed by atoms with Crippen LogP contribution < -0.4 is 10.1 Å². The summed E-state index contributed by atoms with van der Waals surface area (Å²) in [7, 11) is 0. The Morgan fingerprint density at radius 2 is 2.12 bits per heavy atom. The minimum Gasteiger partial charge on any atom is -0.477 e. The van der Waals surface area contributed by atoms with Gasteiger partial charge in [0.15, 0.2) is 0 Å². The Hall–Kier alpha value is -1.32. The van der Waals surface area contributed by atoms with Crippen LogP contribution in [0.2, 0.25) is 0 Å². The third-order valence-corrected chi connectivity index (χ3v) is 3.18. The van der Waals surface area contributed by atoms with E-state index in [4.69, 9.17) is 4.74 Å². The maximum atomic E-state index is 5.74. The van der Waals surface area contributed by atoms with E-state index in [1.807, 2.05) is 6.07 Å². The lowest BCUT2D eigenvalue weighted by Crippen LogP contribution is -2.07. The van der Waals surface area contributed by atoms with Gasteiger partial charge in [-0.25, -0.2) is 4.98 Å². The molecule has 0 bridgehead atoms. The maximum absolute atomic E-state index is 5.74.